The molecule has 10 heteroatoms. The van der Waals surface area contributed by atoms with Gasteiger partial charge in [-0.2, -0.15) is 0 Å². The normalized spacial score (nSPS) is 25.7. The van der Waals surface area contributed by atoms with Crippen molar-refractivity contribution in [3.05, 3.63) is 96.6 Å². The lowest BCUT2D eigenvalue weighted by Gasteiger charge is -2.54. The average molecular weight is 903 g/mol. The third-order valence-corrected chi connectivity index (χ3v) is 22.6. The summed E-state index contributed by atoms with van der Waals surface area (Å²) >= 11 is 2.47. The maximum absolute atomic E-state index is 7.45. The molecule has 298 valence electrons. The number of hydrogen-bond donors (Lipinski definition) is 0. The summed E-state index contributed by atoms with van der Waals surface area (Å²) in [6.45, 7) is 26.4. The molecular formula is C44H67IO6Si3. The monoisotopic (exact) mass is 902 g/mol. The van der Waals surface area contributed by atoms with Gasteiger partial charge < -0.3 is 27.5 Å². The summed E-state index contributed by atoms with van der Waals surface area (Å²) in [7, 11) is -6.90. The molecule has 6 nitrogen and oxygen atoms in total. The fraction of sp³-hybridized carbons (Fsp3) is 0.591. The van der Waals surface area contributed by atoms with Crippen LogP contribution < -0.4 is 10.4 Å². The van der Waals surface area contributed by atoms with Crippen LogP contribution in [0.25, 0.3) is 0 Å². The van der Waals surface area contributed by atoms with Gasteiger partial charge in [0.1, 0.15) is 18.3 Å². The molecule has 2 aliphatic heterocycles. The number of ether oxygens (including phenoxy) is 3. The van der Waals surface area contributed by atoms with Gasteiger partial charge in [-0.3, -0.25) is 0 Å². The average Bonchev–Trinajstić information content (AvgIpc) is 3.10. The molecule has 0 N–H and O–H groups in total. The SMILES string of the molecule is CC(C)(C)[Si](C)(C)O[C@H]1C[C@H]2O[C@@H](CCI)[C@H](O[Si](C)(C)C)[C@@H](OCc3ccccc3)[C@@H]2O[C@@H]1CCO[Si](c1ccccc1)(c1ccccc1)C(C)(C)C. The van der Waals surface area contributed by atoms with Gasteiger partial charge in [0.25, 0.3) is 8.32 Å². The van der Waals surface area contributed by atoms with Crippen LogP contribution in [0.4, 0.5) is 0 Å². The standard InChI is InChI=1S/C44H67IO6Si3/c1-43(2,3)53(10,11)50-38-31-39-40(42(46-32-33-21-15-12-16-22-33)41(51-52(7,8)9)37(48-39)27-29-45)49-36(38)28-30-47-54(44(4,5)6,34-23-17-13-18-24-34)35-25-19-14-20-26-35/h12-26,36-42H,27-32H2,1-11H3/t36-,37+,38+,39-,40-,41+,42+/m1/s1. The zero-order chi connectivity index (χ0) is 39.4. The number of rotatable bonds is 15. The molecule has 0 aromatic heterocycles. The van der Waals surface area contributed by atoms with E-state index in [1.165, 1.54) is 10.4 Å². The highest BCUT2D eigenvalue weighted by Gasteiger charge is 2.55. The molecule has 0 spiro atoms. The Bertz CT molecular complexity index is 1540. The van der Waals surface area contributed by atoms with Crippen molar-refractivity contribution >= 4 is 57.9 Å². The maximum atomic E-state index is 7.45. The van der Waals surface area contributed by atoms with E-state index in [0.717, 1.165) is 22.8 Å². The zero-order valence-electron chi connectivity index (χ0n) is 34.8. The van der Waals surface area contributed by atoms with Crippen LogP contribution in [-0.4, -0.2) is 78.7 Å². The third kappa shape index (κ3) is 10.5. The quantitative estimate of drug-likeness (QED) is 0.0861. The predicted molar refractivity (Wildman–Crippen MR) is 239 cm³/mol. The first kappa shape index (κ1) is 43.9. The molecule has 0 aliphatic carbocycles. The number of fused-ring (bicyclic) bond motifs is 1. The summed E-state index contributed by atoms with van der Waals surface area (Å²) in [5.41, 5.74) is 1.14. The van der Waals surface area contributed by atoms with Gasteiger partial charge >= 0.3 is 0 Å². The van der Waals surface area contributed by atoms with E-state index in [1.54, 1.807) is 0 Å². The zero-order valence-corrected chi connectivity index (χ0v) is 39.9. The molecule has 0 unspecified atom stereocenters. The van der Waals surface area contributed by atoms with Crippen LogP contribution in [0.3, 0.4) is 0 Å². The van der Waals surface area contributed by atoms with Gasteiger partial charge in [-0.05, 0) is 71.6 Å². The first-order valence-corrected chi connectivity index (χ1v) is 29.7. The first-order chi connectivity index (χ1) is 25.4. The molecule has 2 aliphatic rings. The number of hydrogen-bond acceptors (Lipinski definition) is 6. The molecule has 5 rings (SSSR count). The molecule has 3 aromatic carbocycles. The van der Waals surface area contributed by atoms with Crippen LogP contribution >= 0.6 is 22.6 Å². The fourth-order valence-electron chi connectivity index (χ4n) is 7.88. The van der Waals surface area contributed by atoms with Crippen LogP contribution in [0.1, 0.15) is 66.4 Å². The summed E-state index contributed by atoms with van der Waals surface area (Å²) in [4.78, 5) is 0. The highest BCUT2D eigenvalue weighted by atomic mass is 127. The molecule has 0 bridgehead atoms. The second kappa shape index (κ2) is 18.2. The molecule has 2 saturated heterocycles. The Hall–Kier alpha value is -1.20. The van der Waals surface area contributed by atoms with Gasteiger partial charge in [-0.15, -0.1) is 0 Å². The molecule has 0 radical (unpaired) electrons. The van der Waals surface area contributed by atoms with E-state index in [9.17, 15) is 0 Å². The number of halogens is 1. The summed E-state index contributed by atoms with van der Waals surface area (Å²) in [6, 6.07) is 32.2. The molecule has 3 aromatic rings. The van der Waals surface area contributed by atoms with Crippen LogP contribution in [0, 0.1) is 0 Å². The summed E-state index contributed by atoms with van der Waals surface area (Å²) in [5.74, 6) is 0. The second-order valence-electron chi connectivity index (χ2n) is 18.7. The lowest BCUT2D eigenvalue weighted by atomic mass is 9.86. The Morgan fingerprint density at radius 2 is 1.22 bits per heavy atom. The third-order valence-electron chi connectivity index (χ3n) is 11.5. The van der Waals surface area contributed by atoms with Crippen molar-refractivity contribution in [1.29, 1.82) is 0 Å². The van der Waals surface area contributed by atoms with Crippen molar-refractivity contribution in [3.63, 3.8) is 0 Å². The minimum Gasteiger partial charge on any atom is -0.411 e. The first-order valence-electron chi connectivity index (χ1n) is 20.0. The van der Waals surface area contributed by atoms with Crippen molar-refractivity contribution in [2.45, 2.75) is 153 Å². The van der Waals surface area contributed by atoms with Crippen molar-refractivity contribution in [1.82, 2.24) is 0 Å². The van der Waals surface area contributed by atoms with Crippen LogP contribution in [0.15, 0.2) is 91.0 Å². The lowest BCUT2D eigenvalue weighted by Crippen LogP contribution is -2.67. The Morgan fingerprint density at radius 1 is 0.667 bits per heavy atom. The molecule has 0 saturated carbocycles. The minimum absolute atomic E-state index is 0.0502. The Morgan fingerprint density at radius 3 is 1.72 bits per heavy atom. The van der Waals surface area contributed by atoms with Crippen molar-refractivity contribution in [3.8, 4) is 0 Å². The Kier molecular flexibility index (Phi) is 14.8. The summed E-state index contributed by atoms with van der Waals surface area (Å²) in [6.07, 6.45) is 0.995. The van der Waals surface area contributed by atoms with E-state index in [1.807, 2.05) is 6.07 Å². The van der Waals surface area contributed by atoms with Gasteiger partial charge in [0.05, 0.1) is 31.0 Å². The molecule has 7 atom stereocenters. The lowest BCUT2D eigenvalue weighted by molar-refractivity contribution is -0.287. The van der Waals surface area contributed by atoms with E-state index in [2.05, 4.69) is 182 Å². The van der Waals surface area contributed by atoms with Crippen molar-refractivity contribution < 1.29 is 27.5 Å². The Labute approximate surface area is 343 Å². The van der Waals surface area contributed by atoms with Crippen LogP contribution in [-0.2, 0) is 34.1 Å². The largest absolute Gasteiger partial charge is 0.411 e. The van der Waals surface area contributed by atoms with Gasteiger partial charge in [-0.1, -0.05) is 155 Å². The van der Waals surface area contributed by atoms with E-state index in [-0.39, 0.29) is 52.8 Å². The van der Waals surface area contributed by atoms with E-state index < -0.39 is 25.0 Å². The van der Waals surface area contributed by atoms with Gasteiger partial charge in [0.15, 0.2) is 16.6 Å². The highest BCUT2D eigenvalue weighted by molar-refractivity contribution is 14.1. The molecule has 2 fully saturated rings. The molecule has 0 amide bonds. The smallest absolute Gasteiger partial charge is 0.261 e. The van der Waals surface area contributed by atoms with Gasteiger partial charge in [0, 0.05) is 17.5 Å². The summed E-state index contributed by atoms with van der Waals surface area (Å²) < 4.78 is 44.1. The second-order valence-corrected chi connectivity index (χ2v) is 33.3. The van der Waals surface area contributed by atoms with Gasteiger partial charge in [-0.25, -0.2) is 0 Å². The Balaban J connectivity index is 1.51. The molecular weight excluding hydrogens is 836 g/mol. The minimum atomic E-state index is -2.74. The number of alkyl halides is 1. The predicted octanol–water partition coefficient (Wildman–Crippen LogP) is 9.90. The fourth-order valence-corrected chi connectivity index (χ4v) is 15.5. The molecule has 54 heavy (non-hydrogen) atoms. The van der Waals surface area contributed by atoms with E-state index >= 15 is 0 Å². The maximum Gasteiger partial charge on any atom is 0.261 e. The van der Waals surface area contributed by atoms with E-state index in [0.29, 0.717) is 19.6 Å². The van der Waals surface area contributed by atoms with E-state index in [4.69, 9.17) is 27.5 Å². The summed E-state index contributed by atoms with van der Waals surface area (Å²) in [5, 5.41) is 2.50. The van der Waals surface area contributed by atoms with Gasteiger partial charge in [0.2, 0.25) is 0 Å². The number of benzene rings is 3. The van der Waals surface area contributed by atoms with Crippen LogP contribution in [0.5, 0.6) is 0 Å². The van der Waals surface area contributed by atoms with Crippen molar-refractivity contribution in [2.24, 2.45) is 0 Å². The highest BCUT2D eigenvalue weighted by Crippen LogP contribution is 2.44. The van der Waals surface area contributed by atoms with Crippen LogP contribution in [0.2, 0.25) is 42.8 Å². The topological polar surface area (TPSA) is 55.4 Å². The van der Waals surface area contributed by atoms with Crippen molar-refractivity contribution in [2.75, 3.05) is 11.0 Å². The molecule has 2 heterocycles.